The molecule has 0 aliphatic heterocycles. The SMILES string of the molecule is CC(C)OCCCCNS(=O)(=O)c1cc(Cl)c(Br)s1. The number of rotatable bonds is 8. The van der Waals surface area contributed by atoms with Crippen molar-refractivity contribution in [2.24, 2.45) is 0 Å². The van der Waals surface area contributed by atoms with Gasteiger partial charge < -0.3 is 4.74 Å². The molecule has 0 saturated carbocycles. The monoisotopic (exact) mass is 389 g/mol. The lowest BCUT2D eigenvalue weighted by molar-refractivity contribution is 0.0762. The topological polar surface area (TPSA) is 55.4 Å². The molecule has 1 N–H and O–H groups in total. The lowest BCUT2D eigenvalue weighted by atomic mass is 10.3. The van der Waals surface area contributed by atoms with Crippen LogP contribution in [0.25, 0.3) is 0 Å². The molecule has 110 valence electrons. The molecule has 0 saturated heterocycles. The molecule has 1 aromatic heterocycles. The van der Waals surface area contributed by atoms with Crippen molar-refractivity contribution in [1.82, 2.24) is 4.72 Å². The zero-order valence-electron chi connectivity index (χ0n) is 10.8. The summed E-state index contributed by atoms with van der Waals surface area (Å²) in [6.07, 6.45) is 1.78. The number of ether oxygens (including phenoxy) is 1. The second kappa shape index (κ2) is 7.95. The Balaban J connectivity index is 2.36. The molecule has 1 heterocycles. The maximum absolute atomic E-state index is 11.9. The van der Waals surface area contributed by atoms with E-state index >= 15 is 0 Å². The van der Waals surface area contributed by atoms with Crippen molar-refractivity contribution in [1.29, 1.82) is 0 Å². The minimum absolute atomic E-state index is 0.210. The molecule has 0 aromatic carbocycles. The van der Waals surface area contributed by atoms with Gasteiger partial charge in [0.05, 0.1) is 14.9 Å². The fourth-order valence-corrected chi connectivity index (χ4v) is 4.80. The number of hydrogen-bond donors (Lipinski definition) is 1. The van der Waals surface area contributed by atoms with Gasteiger partial charge in [0.1, 0.15) is 4.21 Å². The third kappa shape index (κ3) is 6.10. The van der Waals surface area contributed by atoms with Crippen LogP contribution in [0.4, 0.5) is 0 Å². The number of thiophene rings is 1. The second-order valence-electron chi connectivity index (χ2n) is 4.21. The van der Waals surface area contributed by atoms with Gasteiger partial charge in [-0.3, -0.25) is 0 Å². The van der Waals surface area contributed by atoms with E-state index in [4.69, 9.17) is 16.3 Å². The van der Waals surface area contributed by atoms with Gasteiger partial charge >= 0.3 is 0 Å². The Morgan fingerprint density at radius 1 is 1.47 bits per heavy atom. The van der Waals surface area contributed by atoms with Gasteiger partial charge in [-0.2, -0.15) is 0 Å². The fourth-order valence-electron chi connectivity index (χ4n) is 1.28. The smallest absolute Gasteiger partial charge is 0.250 e. The molecule has 1 rings (SSSR count). The van der Waals surface area contributed by atoms with Gasteiger partial charge in [0, 0.05) is 13.2 Å². The summed E-state index contributed by atoms with van der Waals surface area (Å²) in [4.78, 5) is 0. The molecule has 0 bridgehead atoms. The summed E-state index contributed by atoms with van der Waals surface area (Å²) < 4.78 is 32.6. The van der Waals surface area contributed by atoms with E-state index in [9.17, 15) is 8.42 Å². The molecule has 0 aliphatic carbocycles. The first-order valence-electron chi connectivity index (χ1n) is 5.89. The quantitative estimate of drug-likeness (QED) is 0.689. The number of sulfonamides is 1. The highest BCUT2D eigenvalue weighted by atomic mass is 79.9. The van der Waals surface area contributed by atoms with Crippen molar-refractivity contribution >= 4 is 48.9 Å². The van der Waals surface area contributed by atoms with Gasteiger partial charge in [0.2, 0.25) is 10.0 Å². The summed E-state index contributed by atoms with van der Waals surface area (Å²) >= 11 is 10.1. The minimum Gasteiger partial charge on any atom is -0.379 e. The Kier molecular flexibility index (Phi) is 7.28. The van der Waals surface area contributed by atoms with Gasteiger partial charge in [-0.25, -0.2) is 13.1 Å². The highest BCUT2D eigenvalue weighted by Gasteiger charge is 2.18. The summed E-state index contributed by atoms with van der Waals surface area (Å²) in [5.41, 5.74) is 0. The van der Waals surface area contributed by atoms with Crippen LogP contribution in [0.1, 0.15) is 26.7 Å². The van der Waals surface area contributed by atoms with Gasteiger partial charge in [-0.1, -0.05) is 11.6 Å². The molecule has 4 nitrogen and oxygen atoms in total. The molecule has 1 aromatic rings. The molecular formula is C11H17BrClNO3S2. The Hall–Kier alpha value is 0.340. The third-order valence-electron chi connectivity index (χ3n) is 2.20. The summed E-state index contributed by atoms with van der Waals surface area (Å²) in [6, 6.07) is 1.44. The van der Waals surface area contributed by atoms with Crippen molar-refractivity contribution in [2.75, 3.05) is 13.2 Å². The van der Waals surface area contributed by atoms with E-state index in [2.05, 4.69) is 20.7 Å². The van der Waals surface area contributed by atoms with Crippen LogP contribution in [-0.2, 0) is 14.8 Å². The second-order valence-corrected chi connectivity index (χ2v) is 8.98. The normalized spacial score (nSPS) is 12.3. The largest absolute Gasteiger partial charge is 0.379 e. The van der Waals surface area contributed by atoms with Crippen molar-refractivity contribution in [3.63, 3.8) is 0 Å². The summed E-state index contributed by atoms with van der Waals surface area (Å²) in [7, 11) is -3.45. The highest BCUT2D eigenvalue weighted by molar-refractivity contribution is 9.11. The summed E-state index contributed by atoms with van der Waals surface area (Å²) in [6.45, 7) is 4.99. The number of unbranched alkanes of at least 4 members (excludes halogenated alkanes) is 1. The molecule has 0 fully saturated rings. The minimum atomic E-state index is -3.45. The van der Waals surface area contributed by atoms with E-state index in [0.29, 0.717) is 22.0 Å². The van der Waals surface area contributed by atoms with E-state index in [1.807, 2.05) is 13.8 Å². The molecule has 0 unspecified atom stereocenters. The van der Waals surface area contributed by atoms with Crippen molar-refractivity contribution < 1.29 is 13.2 Å². The van der Waals surface area contributed by atoms with Crippen LogP contribution in [0.3, 0.4) is 0 Å². The molecule has 0 atom stereocenters. The van der Waals surface area contributed by atoms with E-state index in [-0.39, 0.29) is 10.3 Å². The van der Waals surface area contributed by atoms with Gasteiger partial charge in [0.25, 0.3) is 0 Å². The first kappa shape index (κ1) is 17.4. The molecule has 19 heavy (non-hydrogen) atoms. The average Bonchev–Trinajstić information content (AvgIpc) is 2.64. The van der Waals surface area contributed by atoms with Gasteiger partial charge in [-0.15, -0.1) is 11.3 Å². The van der Waals surface area contributed by atoms with Crippen LogP contribution in [0.2, 0.25) is 5.02 Å². The van der Waals surface area contributed by atoms with Crippen LogP contribution < -0.4 is 4.72 Å². The maximum atomic E-state index is 11.9. The molecule has 0 spiro atoms. The first-order chi connectivity index (χ1) is 8.83. The molecule has 0 radical (unpaired) electrons. The van der Waals surface area contributed by atoms with Crippen LogP contribution >= 0.6 is 38.9 Å². The van der Waals surface area contributed by atoms with Crippen molar-refractivity contribution in [2.45, 2.75) is 37.0 Å². The van der Waals surface area contributed by atoms with E-state index in [1.54, 1.807) is 0 Å². The van der Waals surface area contributed by atoms with E-state index < -0.39 is 10.0 Å². The number of nitrogens with one attached hydrogen (secondary N) is 1. The Bertz CT molecular complexity index is 483. The van der Waals surface area contributed by atoms with E-state index in [0.717, 1.165) is 24.2 Å². The molecule has 0 amide bonds. The average molecular weight is 391 g/mol. The predicted octanol–water partition coefficient (Wildman–Crippen LogP) is 3.65. The molecule has 8 heteroatoms. The Morgan fingerprint density at radius 2 is 2.16 bits per heavy atom. The van der Waals surface area contributed by atoms with Crippen LogP contribution in [0, 0.1) is 0 Å². The Labute approximate surface area is 131 Å². The van der Waals surface area contributed by atoms with Crippen LogP contribution in [0.15, 0.2) is 14.1 Å². The van der Waals surface area contributed by atoms with E-state index in [1.165, 1.54) is 6.07 Å². The number of hydrogen-bond acceptors (Lipinski definition) is 4. The number of halogens is 2. The fraction of sp³-hybridized carbons (Fsp3) is 0.636. The zero-order chi connectivity index (χ0) is 14.5. The first-order valence-corrected chi connectivity index (χ1v) is 9.36. The molecular weight excluding hydrogens is 374 g/mol. The lowest BCUT2D eigenvalue weighted by Gasteiger charge is -2.07. The van der Waals surface area contributed by atoms with Crippen molar-refractivity contribution in [3.8, 4) is 0 Å². The highest BCUT2D eigenvalue weighted by Crippen LogP contribution is 2.34. The van der Waals surface area contributed by atoms with Gasteiger partial charge in [-0.05, 0) is 48.7 Å². The summed E-state index contributed by atoms with van der Waals surface area (Å²) in [5.74, 6) is 0. The standard InChI is InChI=1S/C11H17BrClNO3S2/c1-8(2)17-6-4-3-5-14-19(15,16)10-7-9(13)11(12)18-10/h7-8,14H,3-6H2,1-2H3. The maximum Gasteiger partial charge on any atom is 0.250 e. The summed E-state index contributed by atoms with van der Waals surface area (Å²) in [5, 5.41) is 0.413. The lowest BCUT2D eigenvalue weighted by Crippen LogP contribution is -2.24. The van der Waals surface area contributed by atoms with Crippen molar-refractivity contribution in [3.05, 3.63) is 14.9 Å². The van der Waals surface area contributed by atoms with Crippen LogP contribution in [0.5, 0.6) is 0 Å². The Morgan fingerprint density at radius 3 is 2.68 bits per heavy atom. The predicted molar refractivity (Wildman–Crippen MR) is 82.5 cm³/mol. The third-order valence-corrected chi connectivity index (χ3v) is 6.61. The van der Waals surface area contributed by atoms with Crippen LogP contribution in [-0.4, -0.2) is 27.7 Å². The van der Waals surface area contributed by atoms with Gasteiger partial charge in [0.15, 0.2) is 0 Å². The zero-order valence-corrected chi connectivity index (χ0v) is 14.8. The molecule has 0 aliphatic rings.